The van der Waals surface area contributed by atoms with Crippen LogP contribution in [0.5, 0.6) is 0 Å². The molecule has 5 heteroatoms. The number of ether oxygens (including phenoxy) is 1. The van der Waals surface area contributed by atoms with Gasteiger partial charge in [0.2, 0.25) is 5.91 Å². The summed E-state index contributed by atoms with van der Waals surface area (Å²) < 4.78 is 5.15. The van der Waals surface area contributed by atoms with Crippen LogP contribution in [0, 0.1) is 12.3 Å². The van der Waals surface area contributed by atoms with Crippen LogP contribution in [0.4, 0.5) is 5.69 Å². The third-order valence-electron chi connectivity index (χ3n) is 4.56. The van der Waals surface area contributed by atoms with Crippen LogP contribution in [0.3, 0.4) is 0 Å². The molecule has 0 unspecified atom stereocenters. The maximum atomic E-state index is 12.8. The summed E-state index contributed by atoms with van der Waals surface area (Å²) in [5, 5.41) is 12.0. The summed E-state index contributed by atoms with van der Waals surface area (Å²) in [6.45, 7) is 2.42. The Hall–Kier alpha value is -1.88. The van der Waals surface area contributed by atoms with E-state index in [4.69, 9.17) is 9.84 Å². The molecule has 0 radical (unpaired) electrons. The molecule has 2 rings (SSSR count). The third-order valence-corrected chi connectivity index (χ3v) is 4.56. The molecule has 1 aliphatic rings. The Morgan fingerprint density at radius 3 is 2.59 bits per heavy atom. The summed E-state index contributed by atoms with van der Waals surface area (Å²) in [6, 6.07) is 4.79. The van der Waals surface area contributed by atoms with Gasteiger partial charge in [0.15, 0.2) is 0 Å². The number of nitrogens with one attached hydrogen (secondary N) is 1. The van der Waals surface area contributed by atoms with Crippen molar-refractivity contribution in [2.75, 3.05) is 19.0 Å². The number of hydrogen-bond acceptors (Lipinski definition) is 3. The van der Waals surface area contributed by atoms with Crippen LogP contribution in [0.25, 0.3) is 0 Å². The summed E-state index contributed by atoms with van der Waals surface area (Å²) in [7, 11) is 1.64. The Balaban J connectivity index is 2.19. The lowest BCUT2D eigenvalue weighted by Gasteiger charge is -2.27. The van der Waals surface area contributed by atoms with E-state index in [2.05, 4.69) is 5.32 Å². The van der Waals surface area contributed by atoms with Gasteiger partial charge in [-0.05, 0) is 43.9 Å². The van der Waals surface area contributed by atoms with Crippen LogP contribution in [-0.4, -0.2) is 30.7 Å². The second kappa shape index (κ2) is 6.92. The fourth-order valence-electron chi connectivity index (χ4n) is 3.08. The first-order chi connectivity index (χ1) is 10.5. The molecule has 1 aliphatic carbocycles. The van der Waals surface area contributed by atoms with Gasteiger partial charge in [-0.25, -0.2) is 4.79 Å². The van der Waals surface area contributed by atoms with Crippen molar-refractivity contribution in [2.24, 2.45) is 5.41 Å². The molecule has 5 nitrogen and oxygen atoms in total. The molecule has 0 heterocycles. The molecule has 1 aromatic rings. The zero-order chi connectivity index (χ0) is 16.2. The van der Waals surface area contributed by atoms with Crippen LogP contribution >= 0.6 is 0 Å². The normalized spacial score (nSPS) is 16.5. The Bertz CT molecular complexity index is 562. The van der Waals surface area contributed by atoms with Crippen molar-refractivity contribution in [3.63, 3.8) is 0 Å². The third kappa shape index (κ3) is 3.47. The maximum absolute atomic E-state index is 12.8. The van der Waals surface area contributed by atoms with E-state index >= 15 is 0 Å². The smallest absolute Gasteiger partial charge is 0.335 e. The van der Waals surface area contributed by atoms with Crippen molar-refractivity contribution in [1.29, 1.82) is 0 Å². The number of carbonyl (C=O) groups is 2. The van der Waals surface area contributed by atoms with Gasteiger partial charge < -0.3 is 15.2 Å². The Morgan fingerprint density at radius 1 is 1.32 bits per heavy atom. The van der Waals surface area contributed by atoms with Gasteiger partial charge in [-0.1, -0.05) is 18.9 Å². The van der Waals surface area contributed by atoms with Crippen LogP contribution < -0.4 is 5.32 Å². The van der Waals surface area contributed by atoms with E-state index in [-0.39, 0.29) is 16.9 Å². The monoisotopic (exact) mass is 305 g/mol. The molecule has 0 saturated heterocycles. The number of anilines is 1. The Morgan fingerprint density at radius 2 is 2.00 bits per heavy atom. The molecule has 0 bridgehead atoms. The number of aryl methyl sites for hydroxylation is 1. The fraction of sp³-hybridized carbons (Fsp3) is 0.529. The first-order valence-corrected chi connectivity index (χ1v) is 7.63. The number of benzene rings is 1. The van der Waals surface area contributed by atoms with E-state index in [0.29, 0.717) is 18.7 Å². The van der Waals surface area contributed by atoms with E-state index in [1.54, 1.807) is 19.2 Å². The van der Waals surface area contributed by atoms with E-state index in [1.807, 2.05) is 6.92 Å². The molecule has 0 aliphatic heterocycles. The first kappa shape index (κ1) is 16.5. The molecular formula is C17H23NO4. The predicted octanol–water partition coefficient (Wildman–Crippen LogP) is 3.23. The largest absolute Gasteiger partial charge is 0.478 e. The zero-order valence-corrected chi connectivity index (χ0v) is 13.1. The first-order valence-electron chi connectivity index (χ1n) is 7.63. The number of hydrogen-bond donors (Lipinski definition) is 2. The number of methoxy groups -OCH3 is 1. The molecule has 120 valence electrons. The molecule has 1 amide bonds. The van der Waals surface area contributed by atoms with Gasteiger partial charge in [-0.15, -0.1) is 0 Å². The summed E-state index contributed by atoms with van der Waals surface area (Å²) in [4.78, 5) is 23.8. The van der Waals surface area contributed by atoms with Crippen molar-refractivity contribution in [2.45, 2.75) is 39.0 Å². The Labute approximate surface area is 130 Å². The van der Waals surface area contributed by atoms with E-state index in [0.717, 1.165) is 31.2 Å². The lowest BCUT2D eigenvalue weighted by molar-refractivity contribution is -0.126. The fourth-order valence-corrected chi connectivity index (χ4v) is 3.08. The Kier molecular flexibility index (Phi) is 5.19. The highest BCUT2D eigenvalue weighted by atomic mass is 16.5. The van der Waals surface area contributed by atoms with Crippen LogP contribution in [-0.2, 0) is 9.53 Å². The minimum Gasteiger partial charge on any atom is -0.478 e. The second-order valence-electron chi connectivity index (χ2n) is 6.02. The summed E-state index contributed by atoms with van der Waals surface area (Å²) in [5.41, 5.74) is 1.23. The van der Waals surface area contributed by atoms with Gasteiger partial charge in [-0.2, -0.15) is 0 Å². The van der Waals surface area contributed by atoms with Gasteiger partial charge in [-0.3, -0.25) is 4.79 Å². The molecule has 22 heavy (non-hydrogen) atoms. The SMILES string of the molecule is COCCC1(C(=O)Nc2cc(C(=O)O)ccc2C)CCCC1. The summed E-state index contributed by atoms with van der Waals surface area (Å²) in [6.07, 6.45) is 4.52. The lowest BCUT2D eigenvalue weighted by atomic mass is 9.82. The minimum absolute atomic E-state index is 0.0207. The van der Waals surface area contributed by atoms with Crippen LogP contribution in [0.15, 0.2) is 18.2 Å². The van der Waals surface area contributed by atoms with Gasteiger partial charge in [0, 0.05) is 19.4 Å². The lowest BCUT2D eigenvalue weighted by Crippen LogP contribution is -2.35. The van der Waals surface area contributed by atoms with E-state index in [9.17, 15) is 9.59 Å². The quantitative estimate of drug-likeness (QED) is 0.846. The molecule has 0 spiro atoms. The number of amides is 1. The highest BCUT2D eigenvalue weighted by Crippen LogP contribution is 2.42. The molecule has 1 saturated carbocycles. The standard InChI is InChI=1S/C17H23NO4/c1-12-5-6-13(15(19)20)11-14(12)18-16(21)17(9-10-22-2)7-3-4-8-17/h5-6,11H,3-4,7-10H2,1-2H3,(H,18,21)(H,19,20). The molecule has 1 aromatic carbocycles. The van der Waals surface area contributed by atoms with Crippen LogP contribution in [0.2, 0.25) is 0 Å². The molecule has 0 aromatic heterocycles. The van der Waals surface area contributed by atoms with Crippen molar-refractivity contribution in [3.05, 3.63) is 29.3 Å². The molecule has 1 fully saturated rings. The maximum Gasteiger partial charge on any atom is 0.335 e. The highest BCUT2D eigenvalue weighted by Gasteiger charge is 2.40. The van der Waals surface area contributed by atoms with Crippen molar-refractivity contribution >= 4 is 17.6 Å². The number of carbonyl (C=O) groups excluding carboxylic acids is 1. The zero-order valence-electron chi connectivity index (χ0n) is 13.1. The number of rotatable bonds is 6. The number of carboxylic acid groups (broad SMARTS) is 1. The predicted molar refractivity (Wildman–Crippen MR) is 84.2 cm³/mol. The highest BCUT2D eigenvalue weighted by molar-refractivity contribution is 5.97. The molecular weight excluding hydrogens is 282 g/mol. The van der Waals surface area contributed by atoms with Gasteiger partial charge in [0.1, 0.15) is 0 Å². The van der Waals surface area contributed by atoms with Crippen molar-refractivity contribution in [3.8, 4) is 0 Å². The van der Waals surface area contributed by atoms with Gasteiger partial charge >= 0.3 is 5.97 Å². The second-order valence-corrected chi connectivity index (χ2v) is 6.02. The minimum atomic E-state index is -0.995. The average Bonchev–Trinajstić information content (AvgIpc) is 2.97. The molecule has 0 atom stereocenters. The summed E-state index contributed by atoms with van der Waals surface area (Å²) in [5.74, 6) is -1.02. The van der Waals surface area contributed by atoms with E-state index < -0.39 is 5.97 Å². The van der Waals surface area contributed by atoms with Gasteiger partial charge in [0.25, 0.3) is 0 Å². The number of aromatic carboxylic acids is 1. The molecule has 2 N–H and O–H groups in total. The number of carboxylic acids is 1. The average molecular weight is 305 g/mol. The topological polar surface area (TPSA) is 75.6 Å². The van der Waals surface area contributed by atoms with E-state index in [1.165, 1.54) is 6.07 Å². The van der Waals surface area contributed by atoms with Gasteiger partial charge in [0.05, 0.1) is 11.0 Å². The summed E-state index contributed by atoms with van der Waals surface area (Å²) >= 11 is 0. The van der Waals surface area contributed by atoms with Crippen molar-refractivity contribution in [1.82, 2.24) is 0 Å². The van der Waals surface area contributed by atoms with Crippen molar-refractivity contribution < 1.29 is 19.4 Å². The van der Waals surface area contributed by atoms with Crippen LogP contribution in [0.1, 0.15) is 48.0 Å².